The van der Waals surface area contributed by atoms with Gasteiger partial charge in [0.1, 0.15) is 146 Å². The first-order valence-electron chi connectivity index (χ1n) is 19.8. The Kier molecular flexibility index (Phi) is 80.2. The largest absolute Gasteiger partial charge is 1.00 e. The van der Waals surface area contributed by atoms with E-state index < -0.39 is 182 Å². The van der Waals surface area contributed by atoms with Crippen molar-refractivity contribution in [3.63, 3.8) is 0 Å². The fraction of sp³-hybridized carbons (Fsp3) is 0.667. The summed E-state index contributed by atoms with van der Waals surface area (Å²) in [7, 11) is 0. The third kappa shape index (κ3) is 46.0. The number of carboxylic acids is 6. The normalized spacial score (nSPS) is 18.6. The zero-order valence-electron chi connectivity index (χ0n) is 44.4. The van der Waals surface area contributed by atoms with Crippen LogP contribution in [0.15, 0.2) is 0 Å². The van der Waals surface area contributed by atoms with Gasteiger partial charge in [-0.1, -0.05) is 0 Å². The second-order valence-corrected chi connectivity index (χ2v) is 14.2. The molecule has 0 saturated heterocycles. The van der Waals surface area contributed by atoms with Crippen LogP contribution in [0.2, 0.25) is 0 Å². The SMILES string of the molecule is O=CC(O)C(O)C(O)C(O)C(=O)[O-].O=CC(O)C(O)C(O)C(O)C(=O)[O-].O=CC(O)C(O)C(O)C(O)C(=O)[O-].O=CC(O)C(O)C(O)C(O)C(=O)[O-].O=CC(O)C(O)C(O)C(O)C(=O)[O-].O=CC(O)C(O)C(O)C(O)C(=O)[O-].[Na+].[Na+].[Na+].[Na+].[Na+].[Na+]. The molecule has 42 nitrogen and oxygen atoms in total. The number of hydrogen-bond acceptors (Lipinski definition) is 42. The van der Waals surface area contributed by atoms with E-state index in [4.69, 9.17) is 123 Å². The standard InChI is InChI=1S/6C6H10O7.6Na/c6*7-1-2(8)3(9)4(10)5(11)6(12)13;;;;;;/h6*1-5,8-11H,(H,12,13);;;;;;/q;;;;;;6*+1/p-6. The maximum absolute atomic E-state index is 9.95. The van der Waals surface area contributed by atoms with E-state index in [1.165, 1.54) is 0 Å². The summed E-state index contributed by atoms with van der Waals surface area (Å²) in [5.74, 6) is -12.1. The number of rotatable bonds is 30. The number of hydrogen-bond donors (Lipinski definition) is 24. The van der Waals surface area contributed by atoms with Gasteiger partial charge in [0.25, 0.3) is 0 Å². The van der Waals surface area contributed by atoms with Gasteiger partial charge in [-0.3, -0.25) is 0 Å². The number of carbonyl (C=O) groups excluding carboxylic acids is 12. The summed E-state index contributed by atoms with van der Waals surface area (Å²) in [5.41, 5.74) is 0. The molecule has 0 fully saturated rings. The molecule has 0 aromatic rings. The number of aliphatic hydroxyl groups excluding tert-OH is 24. The molecule has 0 aliphatic carbocycles. The predicted octanol–water partition coefficient (Wildman–Crippen LogP) is -45.7. The first-order chi connectivity index (χ1) is 35.5. The molecule has 0 amide bonds. The Morgan fingerprint density at radius 2 is 0.262 bits per heavy atom. The summed E-state index contributed by atoms with van der Waals surface area (Å²) in [4.78, 5) is 119. The molecule has 84 heavy (non-hydrogen) atoms. The molecule has 0 spiro atoms. The molecule has 24 unspecified atom stereocenters. The number of carbonyl (C=O) groups is 12. The number of aldehydes is 6. The van der Waals surface area contributed by atoms with Gasteiger partial charge in [0.05, 0.1) is 35.8 Å². The summed E-state index contributed by atoms with van der Waals surface area (Å²) in [6.45, 7) is 0. The van der Waals surface area contributed by atoms with Gasteiger partial charge >= 0.3 is 177 Å². The summed E-state index contributed by atoms with van der Waals surface area (Å²) in [6, 6.07) is 0. The summed E-state index contributed by atoms with van der Waals surface area (Å²) in [6.07, 6.45) is -51.9. The zero-order valence-corrected chi connectivity index (χ0v) is 56.4. The predicted molar refractivity (Wildman–Crippen MR) is 211 cm³/mol. The average molecular weight is 1300 g/mol. The fourth-order valence-corrected chi connectivity index (χ4v) is 3.65. The Hall–Kier alpha value is -0.120. The van der Waals surface area contributed by atoms with Crippen molar-refractivity contribution in [3.05, 3.63) is 0 Å². The molecule has 0 aromatic carbocycles. The zero-order chi connectivity index (χ0) is 63.6. The first-order valence-corrected chi connectivity index (χ1v) is 19.8. The van der Waals surface area contributed by atoms with Crippen LogP contribution in [-0.4, -0.2) is 343 Å². The Labute approximate surface area is 601 Å². The van der Waals surface area contributed by atoms with Crippen molar-refractivity contribution >= 4 is 73.5 Å². The van der Waals surface area contributed by atoms with E-state index in [-0.39, 0.29) is 215 Å². The molecule has 0 aliphatic rings. The molecule has 0 radical (unpaired) electrons. The van der Waals surface area contributed by atoms with Gasteiger partial charge in [-0.05, 0) is 0 Å². The number of aliphatic carboxylic acids is 6. The monoisotopic (exact) mass is 1300 g/mol. The van der Waals surface area contributed by atoms with Crippen LogP contribution in [0.3, 0.4) is 0 Å². The van der Waals surface area contributed by atoms with Crippen molar-refractivity contribution in [1.82, 2.24) is 0 Å². The van der Waals surface area contributed by atoms with E-state index >= 15 is 0 Å². The van der Waals surface area contributed by atoms with E-state index in [0.29, 0.717) is 0 Å². The van der Waals surface area contributed by atoms with Crippen LogP contribution in [0.25, 0.3) is 0 Å². The topological polar surface area (TPSA) is 829 Å². The van der Waals surface area contributed by atoms with Crippen LogP contribution in [-0.2, 0) is 57.5 Å². The molecular formula is C36H54Na6O42. The van der Waals surface area contributed by atoms with Gasteiger partial charge in [0.2, 0.25) is 0 Å². The van der Waals surface area contributed by atoms with Gasteiger partial charge in [-0.2, -0.15) is 0 Å². The van der Waals surface area contributed by atoms with E-state index in [0.717, 1.165) is 0 Å². The minimum atomic E-state index is -2.36. The van der Waals surface area contributed by atoms with E-state index in [1.807, 2.05) is 0 Å². The van der Waals surface area contributed by atoms with Crippen LogP contribution in [0, 0.1) is 0 Å². The molecule has 24 N–H and O–H groups in total. The van der Waals surface area contributed by atoms with Crippen LogP contribution >= 0.6 is 0 Å². The van der Waals surface area contributed by atoms with Gasteiger partial charge in [0, 0.05) is 0 Å². The molecule has 48 heteroatoms. The van der Waals surface area contributed by atoms with Crippen molar-refractivity contribution in [3.8, 4) is 0 Å². The minimum Gasteiger partial charge on any atom is -0.547 e. The van der Waals surface area contributed by atoms with Crippen molar-refractivity contribution in [2.24, 2.45) is 0 Å². The number of carboxylic acid groups (broad SMARTS) is 6. The van der Waals surface area contributed by atoms with Crippen molar-refractivity contribution in [2.75, 3.05) is 0 Å². The average Bonchev–Trinajstić information content (AvgIpc) is 3.42. The molecule has 0 saturated carbocycles. The minimum absolute atomic E-state index is 0. The van der Waals surface area contributed by atoms with Crippen LogP contribution in [0.4, 0.5) is 0 Å². The van der Waals surface area contributed by atoms with Gasteiger partial charge in [-0.25, -0.2) is 0 Å². The Bertz CT molecular complexity index is 1510. The molecule has 0 bridgehead atoms. The van der Waals surface area contributed by atoms with E-state index in [2.05, 4.69) is 0 Å². The smallest absolute Gasteiger partial charge is 0.547 e. The molecule has 0 aromatic heterocycles. The van der Waals surface area contributed by atoms with Crippen molar-refractivity contribution in [1.29, 1.82) is 0 Å². The third-order valence-electron chi connectivity index (χ3n) is 8.43. The summed E-state index contributed by atoms with van der Waals surface area (Å²) < 4.78 is 0. The molecule has 0 rings (SSSR count). The fourth-order valence-electron chi connectivity index (χ4n) is 3.65. The molecule has 24 atom stereocenters. The van der Waals surface area contributed by atoms with Crippen LogP contribution in [0.5, 0.6) is 0 Å². The van der Waals surface area contributed by atoms with E-state index in [1.54, 1.807) is 0 Å². The molecule has 0 aliphatic heterocycles. The van der Waals surface area contributed by atoms with E-state index in [9.17, 15) is 88.2 Å². The van der Waals surface area contributed by atoms with Crippen LogP contribution < -0.4 is 208 Å². The third-order valence-corrected chi connectivity index (χ3v) is 8.43. The maximum Gasteiger partial charge on any atom is 1.00 e. The maximum atomic E-state index is 9.95. The van der Waals surface area contributed by atoms with Gasteiger partial charge in [-0.15, -0.1) is 0 Å². The molecular weight excluding hydrogens is 1240 g/mol. The Morgan fingerprint density at radius 3 is 0.310 bits per heavy atom. The van der Waals surface area contributed by atoms with Gasteiger partial charge in [0.15, 0.2) is 37.7 Å². The quantitative estimate of drug-likeness (QED) is 0.0235. The van der Waals surface area contributed by atoms with Gasteiger partial charge < -0.3 is 211 Å². The molecule has 456 valence electrons. The first kappa shape index (κ1) is 112. The Morgan fingerprint density at radius 1 is 0.190 bits per heavy atom. The van der Waals surface area contributed by atoms with Crippen LogP contribution in [0.1, 0.15) is 0 Å². The summed E-state index contributed by atoms with van der Waals surface area (Å²) in [5, 5.41) is 269. The molecule has 0 heterocycles. The van der Waals surface area contributed by atoms with Crippen molar-refractivity contribution in [2.45, 2.75) is 146 Å². The second kappa shape index (κ2) is 60.4. The Balaban J connectivity index is -0.0000000730. The summed E-state index contributed by atoms with van der Waals surface area (Å²) >= 11 is 0. The number of aliphatic hydroxyl groups is 24. The van der Waals surface area contributed by atoms with Crippen molar-refractivity contribution < 1.29 is 388 Å². The second-order valence-electron chi connectivity index (χ2n) is 14.2.